The molecule has 0 N–H and O–H groups in total. The van der Waals surface area contributed by atoms with Crippen molar-refractivity contribution in [1.29, 1.82) is 0 Å². The Kier molecular flexibility index (Phi) is 4.19. The highest BCUT2D eigenvalue weighted by Gasteiger charge is 2.37. The molecular weight excluding hydrogens is 312 g/mol. The maximum Gasteiger partial charge on any atom is 0.310 e. The summed E-state index contributed by atoms with van der Waals surface area (Å²) in [6.07, 6.45) is 1.53. The van der Waals surface area contributed by atoms with E-state index in [1.54, 1.807) is 17.0 Å². The van der Waals surface area contributed by atoms with Gasteiger partial charge in [0.2, 0.25) is 0 Å². The molecule has 1 aromatic heterocycles. The third-order valence-corrected chi connectivity index (χ3v) is 3.85. The van der Waals surface area contributed by atoms with Crippen molar-refractivity contribution in [3.63, 3.8) is 0 Å². The maximum absolute atomic E-state index is 12.3. The summed E-state index contributed by atoms with van der Waals surface area (Å²) in [6.45, 7) is 2.92. The van der Waals surface area contributed by atoms with E-state index in [0.717, 1.165) is 0 Å². The standard InChI is InChI=1S/C13H15BrN2O3/c1-8-6-16(7-10(8)13(18)19-2)12(17)9-3-4-11(14)15-5-9/h3-5,8,10H,6-7H2,1-2H3. The van der Waals surface area contributed by atoms with Crippen molar-refractivity contribution in [3.8, 4) is 0 Å². The number of esters is 1. The van der Waals surface area contributed by atoms with Crippen LogP contribution in [0.1, 0.15) is 17.3 Å². The summed E-state index contributed by atoms with van der Waals surface area (Å²) in [5.41, 5.74) is 0.529. The van der Waals surface area contributed by atoms with Crippen LogP contribution in [0.2, 0.25) is 0 Å². The number of rotatable bonds is 2. The summed E-state index contributed by atoms with van der Waals surface area (Å²) in [6, 6.07) is 3.44. The lowest BCUT2D eigenvalue weighted by molar-refractivity contribution is -0.146. The molecule has 0 spiro atoms. The first kappa shape index (κ1) is 14.0. The van der Waals surface area contributed by atoms with Crippen LogP contribution in [-0.2, 0) is 9.53 Å². The lowest BCUT2D eigenvalue weighted by Gasteiger charge is -2.15. The first-order valence-electron chi connectivity index (χ1n) is 6.01. The van der Waals surface area contributed by atoms with Gasteiger partial charge < -0.3 is 9.64 Å². The molecule has 19 heavy (non-hydrogen) atoms. The molecule has 1 aromatic rings. The first-order valence-corrected chi connectivity index (χ1v) is 6.81. The molecular formula is C13H15BrN2O3. The van der Waals surface area contributed by atoms with Crippen molar-refractivity contribution < 1.29 is 14.3 Å². The predicted molar refractivity (Wildman–Crippen MR) is 72.5 cm³/mol. The van der Waals surface area contributed by atoms with Gasteiger partial charge in [-0.2, -0.15) is 0 Å². The van der Waals surface area contributed by atoms with Crippen LogP contribution in [0.25, 0.3) is 0 Å². The molecule has 2 heterocycles. The second-order valence-electron chi connectivity index (χ2n) is 4.69. The van der Waals surface area contributed by atoms with Gasteiger partial charge >= 0.3 is 5.97 Å². The van der Waals surface area contributed by atoms with E-state index in [9.17, 15) is 9.59 Å². The topological polar surface area (TPSA) is 59.5 Å². The molecule has 1 aliphatic heterocycles. The van der Waals surface area contributed by atoms with Crippen molar-refractivity contribution in [2.75, 3.05) is 20.2 Å². The Bertz CT molecular complexity index is 489. The predicted octanol–water partition coefficient (Wildman–Crippen LogP) is 1.73. The summed E-state index contributed by atoms with van der Waals surface area (Å²) in [5, 5.41) is 0. The van der Waals surface area contributed by atoms with Crippen LogP contribution in [-0.4, -0.2) is 42.0 Å². The van der Waals surface area contributed by atoms with Gasteiger partial charge in [-0.15, -0.1) is 0 Å². The minimum atomic E-state index is -0.253. The lowest BCUT2D eigenvalue weighted by atomic mass is 9.99. The van der Waals surface area contributed by atoms with Crippen molar-refractivity contribution >= 4 is 27.8 Å². The number of aromatic nitrogens is 1. The number of likely N-dealkylation sites (tertiary alicyclic amines) is 1. The molecule has 0 radical (unpaired) electrons. The van der Waals surface area contributed by atoms with E-state index in [0.29, 0.717) is 23.3 Å². The highest BCUT2D eigenvalue weighted by Crippen LogP contribution is 2.25. The van der Waals surface area contributed by atoms with Gasteiger partial charge in [-0.05, 0) is 34.0 Å². The Morgan fingerprint density at radius 1 is 1.42 bits per heavy atom. The van der Waals surface area contributed by atoms with E-state index >= 15 is 0 Å². The molecule has 2 rings (SSSR count). The van der Waals surface area contributed by atoms with Crippen LogP contribution < -0.4 is 0 Å². The Balaban J connectivity index is 2.09. The van der Waals surface area contributed by atoms with Crippen molar-refractivity contribution in [2.24, 2.45) is 11.8 Å². The fourth-order valence-corrected chi connectivity index (χ4v) is 2.51. The molecule has 2 unspecified atom stereocenters. The maximum atomic E-state index is 12.3. The number of hydrogen-bond donors (Lipinski definition) is 0. The summed E-state index contributed by atoms with van der Waals surface area (Å²) in [7, 11) is 1.37. The minimum Gasteiger partial charge on any atom is -0.469 e. The van der Waals surface area contributed by atoms with E-state index in [-0.39, 0.29) is 23.7 Å². The third kappa shape index (κ3) is 2.94. The van der Waals surface area contributed by atoms with Crippen LogP contribution in [0.3, 0.4) is 0 Å². The average molecular weight is 327 g/mol. The molecule has 0 aromatic carbocycles. The highest BCUT2D eigenvalue weighted by atomic mass is 79.9. The number of carbonyl (C=O) groups excluding carboxylic acids is 2. The van der Waals surface area contributed by atoms with Crippen molar-refractivity contribution in [1.82, 2.24) is 9.88 Å². The second-order valence-corrected chi connectivity index (χ2v) is 5.50. The second kappa shape index (κ2) is 5.69. The Morgan fingerprint density at radius 2 is 2.16 bits per heavy atom. The van der Waals surface area contributed by atoms with E-state index < -0.39 is 0 Å². The van der Waals surface area contributed by atoms with Gasteiger partial charge in [-0.25, -0.2) is 4.98 Å². The quantitative estimate of drug-likeness (QED) is 0.613. The average Bonchev–Trinajstić information content (AvgIpc) is 2.80. The van der Waals surface area contributed by atoms with Gasteiger partial charge in [0.05, 0.1) is 18.6 Å². The number of pyridine rings is 1. The smallest absolute Gasteiger partial charge is 0.310 e. The number of ether oxygens (including phenoxy) is 1. The van der Waals surface area contributed by atoms with Gasteiger partial charge in [0, 0.05) is 19.3 Å². The van der Waals surface area contributed by atoms with Crippen LogP contribution in [0.5, 0.6) is 0 Å². The van der Waals surface area contributed by atoms with Gasteiger partial charge in [-0.1, -0.05) is 6.92 Å². The molecule has 0 bridgehead atoms. The zero-order valence-corrected chi connectivity index (χ0v) is 12.4. The molecule has 1 saturated heterocycles. The Hall–Kier alpha value is -1.43. The normalized spacial score (nSPS) is 22.4. The third-order valence-electron chi connectivity index (χ3n) is 3.38. The molecule has 102 valence electrons. The number of methoxy groups -OCH3 is 1. The molecule has 1 fully saturated rings. The molecule has 6 heteroatoms. The molecule has 1 amide bonds. The molecule has 5 nitrogen and oxygen atoms in total. The van der Waals surface area contributed by atoms with Gasteiger partial charge in [0.1, 0.15) is 4.60 Å². The number of amides is 1. The summed E-state index contributed by atoms with van der Waals surface area (Å²) < 4.78 is 5.44. The zero-order chi connectivity index (χ0) is 14.0. The fourth-order valence-electron chi connectivity index (χ4n) is 2.28. The van der Waals surface area contributed by atoms with Crippen molar-refractivity contribution in [2.45, 2.75) is 6.92 Å². The molecule has 0 saturated carbocycles. The van der Waals surface area contributed by atoms with Gasteiger partial charge in [0.15, 0.2) is 0 Å². The lowest BCUT2D eigenvalue weighted by Crippen LogP contribution is -2.30. The SMILES string of the molecule is COC(=O)C1CN(C(=O)c2ccc(Br)nc2)CC1C. The number of halogens is 1. The number of carbonyl (C=O) groups is 2. The first-order chi connectivity index (χ1) is 9.02. The number of nitrogens with zero attached hydrogens (tertiary/aromatic N) is 2. The molecule has 1 aliphatic rings. The number of hydrogen-bond acceptors (Lipinski definition) is 4. The fraction of sp³-hybridized carbons (Fsp3) is 0.462. The largest absolute Gasteiger partial charge is 0.469 e. The van der Waals surface area contributed by atoms with Gasteiger partial charge in [-0.3, -0.25) is 9.59 Å². The summed E-state index contributed by atoms with van der Waals surface area (Å²) in [4.78, 5) is 29.6. The van der Waals surface area contributed by atoms with E-state index in [4.69, 9.17) is 4.74 Å². The van der Waals surface area contributed by atoms with E-state index in [1.165, 1.54) is 13.3 Å². The zero-order valence-electron chi connectivity index (χ0n) is 10.8. The van der Waals surface area contributed by atoms with Crippen LogP contribution >= 0.6 is 15.9 Å². The molecule has 2 atom stereocenters. The summed E-state index contributed by atoms with van der Waals surface area (Å²) in [5.74, 6) is -0.479. The van der Waals surface area contributed by atoms with Gasteiger partial charge in [0.25, 0.3) is 5.91 Å². The van der Waals surface area contributed by atoms with E-state index in [1.807, 2.05) is 6.92 Å². The van der Waals surface area contributed by atoms with Crippen LogP contribution in [0.15, 0.2) is 22.9 Å². The van der Waals surface area contributed by atoms with E-state index in [2.05, 4.69) is 20.9 Å². The highest BCUT2D eigenvalue weighted by molar-refractivity contribution is 9.10. The van der Waals surface area contributed by atoms with Crippen LogP contribution in [0.4, 0.5) is 0 Å². The Labute approximate surface area is 120 Å². The van der Waals surface area contributed by atoms with Crippen LogP contribution in [0, 0.1) is 11.8 Å². The molecule has 0 aliphatic carbocycles. The summed E-state index contributed by atoms with van der Waals surface area (Å²) >= 11 is 3.23. The Morgan fingerprint density at radius 3 is 2.74 bits per heavy atom. The van der Waals surface area contributed by atoms with Crippen molar-refractivity contribution in [3.05, 3.63) is 28.5 Å². The monoisotopic (exact) mass is 326 g/mol. The minimum absolute atomic E-state index is 0.0988.